The third-order valence-corrected chi connectivity index (χ3v) is 3.44. The SMILES string of the molecule is CCN(C)C=Nc1cc(Cl)c(OCCCC(C)C)nc1C. The molecule has 5 heteroatoms. The van der Waals surface area contributed by atoms with Gasteiger partial charge in [-0.3, -0.25) is 0 Å². The van der Waals surface area contributed by atoms with Crippen LogP contribution in [-0.2, 0) is 0 Å². The zero-order chi connectivity index (χ0) is 15.8. The van der Waals surface area contributed by atoms with Crippen molar-refractivity contribution in [3.63, 3.8) is 0 Å². The number of nitrogens with zero attached hydrogens (tertiary/aromatic N) is 3. The number of hydrogen-bond donors (Lipinski definition) is 0. The van der Waals surface area contributed by atoms with Gasteiger partial charge in [-0.1, -0.05) is 25.4 Å². The van der Waals surface area contributed by atoms with Crippen LogP contribution in [0.2, 0.25) is 5.02 Å². The number of ether oxygens (including phenoxy) is 1. The fourth-order valence-corrected chi connectivity index (χ4v) is 1.88. The minimum Gasteiger partial charge on any atom is -0.477 e. The smallest absolute Gasteiger partial charge is 0.232 e. The van der Waals surface area contributed by atoms with Crippen molar-refractivity contribution in [2.45, 2.75) is 40.5 Å². The summed E-state index contributed by atoms with van der Waals surface area (Å²) in [7, 11) is 1.97. The lowest BCUT2D eigenvalue weighted by Gasteiger charge is -2.11. The molecule has 1 aromatic heterocycles. The predicted octanol–water partition coefficient (Wildman–Crippen LogP) is 4.47. The van der Waals surface area contributed by atoms with E-state index in [0.717, 1.165) is 30.8 Å². The van der Waals surface area contributed by atoms with Crippen LogP contribution in [0.1, 0.15) is 39.3 Å². The molecule has 0 spiro atoms. The first-order valence-electron chi connectivity index (χ1n) is 7.48. The van der Waals surface area contributed by atoms with E-state index >= 15 is 0 Å². The highest BCUT2D eigenvalue weighted by Crippen LogP contribution is 2.29. The monoisotopic (exact) mass is 311 g/mol. The molecule has 0 aliphatic rings. The second-order valence-corrected chi connectivity index (χ2v) is 5.99. The van der Waals surface area contributed by atoms with Gasteiger partial charge in [-0.15, -0.1) is 0 Å². The molecule has 0 unspecified atom stereocenters. The van der Waals surface area contributed by atoms with Gasteiger partial charge in [0.15, 0.2) is 0 Å². The van der Waals surface area contributed by atoms with Crippen LogP contribution >= 0.6 is 11.6 Å². The Balaban J connectivity index is 2.68. The molecule has 0 fully saturated rings. The Labute approximate surface area is 133 Å². The lowest BCUT2D eigenvalue weighted by atomic mass is 10.1. The molecule has 1 heterocycles. The first kappa shape index (κ1) is 17.8. The third-order valence-electron chi connectivity index (χ3n) is 3.17. The van der Waals surface area contributed by atoms with Gasteiger partial charge in [0, 0.05) is 13.6 Å². The summed E-state index contributed by atoms with van der Waals surface area (Å²) >= 11 is 6.22. The Hall–Kier alpha value is -1.29. The summed E-state index contributed by atoms with van der Waals surface area (Å²) in [4.78, 5) is 10.8. The Morgan fingerprint density at radius 2 is 2.19 bits per heavy atom. The molecule has 0 atom stereocenters. The summed E-state index contributed by atoms with van der Waals surface area (Å²) in [6, 6.07) is 1.81. The first-order valence-corrected chi connectivity index (χ1v) is 7.86. The van der Waals surface area contributed by atoms with E-state index in [1.807, 2.05) is 24.9 Å². The maximum Gasteiger partial charge on any atom is 0.232 e. The largest absolute Gasteiger partial charge is 0.477 e. The van der Waals surface area contributed by atoms with Gasteiger partial charge in [0.25, 0.3) is 0 Å². The van der Waals surface area contributed by atoms with Gasteiger partial charge in [0.05, 0.1) is 24.3 Å². The van der Waals surface area contributed by atoms with E-state index in [1.165, 1.54) is 0 Å². The maximum atomic E-state index is 6.22. The van der Waals surface area contributed by atoms with E-state index in [2.05, 4.69) is 30.7 Å². The fraction of sp³-hybridized carbons (Fsp3) is 0.625. The molecule has 0 aliphatic carbocycles. The molecular weight excluding hydrogens is 286 g/mol. The number of aliphatic imine (C=N–C) groups is 1. The standard InChI is InChI=1S/C16H26ClN3O/c1-6-20(5)11-18-15-10-14(17)16(19-13(15)4)21-9-7-8-12(2)3/h10-12H,6-9H2,1-5H3. The minimum atomic E-state index is 0.501. The van der Waals surface area contributed by atoms with Gasteiger partial charge in [-0.2, -0.15) is 0 Å². The highest BCUT2D eigenvalue weighted by molar-refractivity contribution is 6.32. The van der Waals surface area contributed by atoms with Gasteiger partial charge in [0.2, 0.25) is 5.88 Å². The Bertz CT molecular complexity index is 475. The molecule has 21 heavy (non-hydrogen) atoms. The van der Waals surface area contributed by atoms with E-state index in [9.17, 15) is 0 Å². The molecule has 0 saturated carbocycles. The Morgan fingerprint density at radius 1 is 1.48 bits per heavy atom. The molecule has 0 aliphatic heterocycles. The molecule has 4 nitrogen and oxygen atoms in total. The molecule has 1 aromatic rings. The van der Waals surface area contributed by atoms with Crippen molar-refractivity contribution in [1.82, 2.24) is 9.88 Å². The van der Waals surface area contributed by atoms with Crippen LogP contribution < -0.4 is 4.74 Å². The van der Waals surface area contributed by atoms with Crippen LogP contribution in [-0.4, -0.2) is 36.4 Å². The normalized spacial score (nSPS) is 11.4. The molecule has 0 bridgehead atoms. The fourth-order valence-electron chi connectivity index (χ4n) is 1.68. The van der Waals surface area contributed by atoms with Crippen LogP contribution in [0, 0.1) is 12.8 Å². The highest BCUT2D eigenvalue weighted by atomic mass is 35.5. The molecule has 0 saturated heterocycles. The lowest BCUT2D eigenvalue weighted by Crippen LogP contribution is -2.14. The summed E-state index contributed by atoms with van der Waals surface area (Å²) in [5.74, 6) is 1.19. The van der Waals surface area contributed by atoms with Gasteiger partial charge in [-0.25, -0.2) is 9.98 Å². The van der Waals surface area contributed by atoms with Crippen molar-refractivity contribution in [3.8, 4) is 5.88 Å². The van der Waals surface area contributed by atoms with Gasteiger partial charge in [-0.05, 0) is 38.7 Å². The summed E-state index contributed by atoms with van der Waals surface area (Å²) in [6.07, 6.45) is 3.93. The van der Waals surface area contributed by atoms with Gasteiger partial charge in [0.1, 0.15) is 5.02 Å². The lowest BCUT2D eigenvalue weighted by molar-refractivity contribution is 0.287. The number of aromatic nitrogens is 1. The number of hydrogen-bond acceptors (Lipinski definition) is 3. The van der Waals surface area contributed by atoms with Gasteiger partial charge < -0.3 is 9.64 Å². The van der Waals surface area contributed by atoms with Crippen molar-refractivity contribution in [1.29, 1.82) is 0 Å². The number of aryl methyl sites for hydroxylation is 1. The summed E-state index contributed by atoms with van der Waals surface area (Å²) < 4.78 is 5.66. The molecular formula is C16H26ClN3O. The molecule has 1 rings (SSSR count). The van der Waals surface area contributed by atoms with Crippen molar-refractivity contribution >= 4 is 23.6 Å². The quantitative estimate of drug-likeness (QED) is 0.404. The van der Waals surface area contributed by atoms with E-state index < -0.39 is 0 Å². The Morgan fingerprint density at radius 3 is 2.81 bits per heavy atom. The number of rotatable bonds is 8. The minimum absolute atomic E-state index is 0.501. The third kappa shape index (κ3) is 6.34. The van der Waals surface area contributed by atoms with E-state index in [-0.39, 0.29) is 0 Å². The summed E-state index contributed by atoms with van der Waals surface area (Å²) in [5.41, 5.74) is 1.59. The van der Waals surface area contributed by atoms with E-state index in [1.54, 1.807) is 6.34 Å². The second-order valence-electron chi connectivity index (χ2n) is 5.58. The second kappa shape index (κ2) is 8.88. The van der Waals surface area contributed by atoms with Crippen molar-refractivity contribution in [3.05, 3.63) is 16.8 Å². The van der Waals surface area contributed by atoms with Crippen LogP contribution in [0.3, 0.4) is 0 Å². The topological polar surface area (TPSA) is 37.7 Å². The Kier molecular flexibility index (Phi) is 7.51. The summed E-state index contributed by atoms with van der Waals surface area (Å²) in [6.45, 7) is 9.94. The maximum absolute atomic E-state index is 6.22. The zero-order valence-corrected chi connectivity index (χ0v) is 14.4. The first-order chi connectivity index (χ1) is 9.93. The van der Waals surface area contributed by atoms with Crippen molar-refractivity contribution < 1.29 is 4.74 Å². The van der Waals surface area contributed by atoms with E-state index in [0.29, 0.717) is 23.4 Å². The molecule has 0 N–H and O–H groups in total. The van der Waals surface area contributed by atoms with Crippen LogP contribution in [0.4, 0.5) is 5.69 Å². The van der Waals surface area contributed by atoms with Crippen molar-refractivity contribution in [2.24, 2.45) is 10.9 Å². The van der Waals surface area contributed by atoms with Crippen LogP contribution in [0.15, 0.2) is 11.1 Å². The van der Waals surface area contributed by atoms with Crippen LogP contribution in [0.5, 0.6) is 5.88 Å². The number of pyridine rings is 1. The summed E-state index contributed by atoms with van der Waals surface area (Å²) in [5, 5.41) is 0.511. The van der Waals surface area contributed by atoms with Crippen molar-refractivity contribution in [2.75, 3.05) is 20.2 Å². The zero-order valence-electron chi connectivity index (χ0n) is 13.7. The molecule has 0 amide bonds. The number of halogens is 1. The molecule has 0 radical (unpaired) electrons. The molecule has 118 valence electrons. The van der Waals surface area contributed by atoms with Crippen LogP contribution in [0.25, 0.3) is 0 Å². The average molecular weight is 312 g/mol. The average Bonchev–Trinajstić information content (AvgIpc) is 2.44. The van der Waals surface area contributed by atoms with Gasteiger partial charge >= 0.3 is 0 Å². The molecule has 0 aromatic carbocycles. The van der Waals surface area contributed by atoms with E-state index in [4.69, 9.17) is 16.3 Å². The predicted molar refractivity (Wildman–Crippen MR) is 90.0 cm³/mol. The highest BCUT2D eigenvalue weighted by Gasteiger charge is 2.08.